The lowest BCUT2D eigenvalue weighted by Crippen LogP contribution is -2.45. The average molecular weight is 494 g/mol. The Labute approximate surface area is 207 Å². The van der Waals surface area contributed by atoms with Crippen molar-refractivity contribution in [2.45, 2.75) is 32.2 Å². The van der Waals surface area contributed by atoms with Crippen molar-refractivity contribution in [1.29, 1.82) is 0 Å². The first-order valence-electron chi connectivity index (χ1n) is 11.7. The Morgan fingerprint density at radius 2 is 1.56 bits per heavy atom. The van der Waals surface area contributed by atoms with Crippen LogP contribution in [0.3, 0.4) is 0 Å². The monoisotopic (exact) mass is 493 g/mol. The van der Waals surface area contributed by atoms with Crippen molar-refractivity contribution in [2.75, 3.05) is 25.1 Å². The smallest absolute Gasteiger partial charge is 0.416 e. The molecule has 4 aromatic rings. The van der Waals surface area contributed by atoms with Crippen LogP contribution in [0.1, 0.15) is 19.4 Å². The van der Waals surface area contributed by atoms with E-state index in [1.54, 1.807) is 13.3 Å². The summed E-state index contributed by atoms with van der Waals surface area (Å²) >= 11 is 0. The number of morpholine rings is 1. The summed E-state index contributed by atoms with van der Waals surface area (Å²) in [6.07, 6.45) is -0.567. The molecule has 8 heteroatoms. The van der Waals surface area contributed by atoms with E-state index in [1.165, 1.54) is 12.1 Å². The Hall–Kier alpha value is -3.65. The fraction of sp³-hybridized carbons (Fsp3) is 0.286. The van der Waals surface area contributed by atoms with Gasteiger partial charge in [-0.2, -0.15) is 13.2 Å². The van der Waals surface area contributed by atoms with Gasteiger partial charge in [-0.15, -0.1) is 0 Å². The van der Waals surface area contributed by atoms with Crippen LogP contribution in [0, 0.1) is 0 Å². The summed E-state index contributed by atoms with van der Waals surface area (Å²) in [5.74, 6) is 1.52. The molecular formula is C28H26F3N3O2. The van der Waals surface area contributed by atoms with Gasteiger partial charge in [0.15, 0.2) is 0 Å². The van der Waals surface area contributed by atoms with Crippen LogP contribution in [0.25, 0.3) is 33.2 Å². The molecule has 2 atom stereocenters. The molecule has 1 aliphatic rings. The molecule has 2 unspecified atom stereocenters. The van der Waals surface area contributed by atoms with Gasteiger partial charge in [-0.1, -0.05) is 24.3 Å². The van der Waals surface area contributed by atoms with E-state index < -0.39 is 11.7 Å². The highest BCUT2D eigenvalue weighted by molar-refractivity contribution is 6.00. The maximum atomic E-state index is 13.0. The molecule has 0 bridgehead atoms. The number of hydrogen-bond donors (Lipinski definition) is 0. The minimum atomic E-state index is -4.38. The third-order valence-corrected chi connectivity index (χ3v) is 6.38. The van der Waals surface area contributed by atoms with Crippen LogP contribution >= 0.6 is 0 Å². The second kappa shape index (κ2) is 9.43. The standard InChI is InChI=1S/C28H26F3N3O2/c1-17-15-34(16-18(2)36-17)25-12-9-20(13-32-25)24-14-33-26-22(5-4-6-23(26)27(24)35-3)19-7-10-21(11-8-19)28(29,30)31/h4-14,17-18H,15-16H2,1-3H3. The van der Waals surface area contributed by atoms with Gasteiger partial charge in [0, 0.05) is 47.6 Å². The first-order chi connectivity index (χ1) is 17.2. The van der Waals surface area contributed by atoms with Crippen molar-refractivity contribution in [3.63, 3.8) is 0 Å². The van der Waals surface area contributed by atoms with Gasteiger partial charge in [0.2, 0.25) is 0 Å². The fourth-order valence-electron chi connectivity index (χ4n) is 4.79. The van der Waals surface area contributed by atoms with E-state index >= 15 is 0 Å². The minimum Gasteiger partial charge on any atom is -0.495 e. The molecule has 2 aromatic heterocycles. The van der Waals surface area contributed by atoms with Crippen molar-refractivity contribution < 1.29 is 22.6 Å². The Balaban J connectivity index is 1.51. The molecule has 5 nitrogen and oxygen atoms in total. The van der Waals surface area contributed by atoms with Crippen molar-refractivity contribution >= 4 is 16.7 Å². The molecule has 36 heavy (non-hydrogen) atoms. The Kier molecular flexibility index (Phi) is 6.30. The first-order valence-corrected chi connectivity index (χ1v) is 11.7. The van der Waals surface area contributed by atoms with E-state index in [2.05, 4.69) is 23.7 Å². The average Bonchev–Trinajstić information content (AvgIpc) is 2.86. The summed E-state index contributed by atoms with van der Waals surface area (Å²) in [5.41, 5.74) is 3.00. The van der Waals surface area contributed by atoms with Gasteiger partial charge < -0.3 is 14.4 Å². The second-order valence-electron chi connectivity index (χ2n) is 9.05. The van der Waals surface area contributed by atoms with E-state index in [0.717, 1.165) is 53.1 Å². The quantitative estimate of drug-likeness (QED) is 0.320. The summed E-state index contributed by atoms with van der Waals surface area (Å²) < 4.78 is 50.6. The van der Waals surface area contributed by atoms with Crippen molar-refractivity contribution in [3.05, 3.63) is 72.6 Å². The number of benzene rings is 2. The summed E-state index contributed by atoms with van der Waals surface area (Å²) in [6, 6.07) is 14.7. The lowest BCUT2D eigenvalue weighted by Gasteiger charge is -2.36. The number of rotatable bonds is 4. The predicted molar refractivity (Wildman–Crippen MR) is 134 cm³/mol. The maximum absolute atomic E-state index is 13.0. The van der Waals surface area contributed by atoms with Gasteiger partial charge in [-0.3, -0.25) is 4.98 Å². The predicted octanol–water partition coefficient (Wildman–Crippen LogP) is 6.60. The van der Waals surface area contributed by atoms with Crippen LogP contribution < -0.4 is 9.64 Å². The van der Waals surface area contributed by atoms with Gasteiger partial charge >= 0.3 is 6.18 Å². The first kappa shape index (κ1) is 24.1. The van der Waals surface area contributed by atoms with Gasteiger partial charge in [0.05, 0.1) is 30.4 Å². The molecule has 2 aromatic carbocycles. The zero-order valence-electron chi connectivity index (χ0n) is 20.2. The number of pyridine rings is 2. The second-order valence-corrected chi connectivity index (χ2v) is 9.05. The Morgan fingerprint density at radius 1 is 0.861 bits per heavy atom. The Morgan fingerprint density at radius 3 is 2.17 bits per heavy atom. The lowest BCUT2D eigenvalue weighted by molar-refractivity contribution is -0.137. The maximum Gasteiger partial charge on any atom is 0.416 e. The third kappa shape index (κ3) is 4.60. The number of nitrogens with zero attached hydrogens (tertiary/aromatic N) is 3. The highest BCUT2D eigenvalue weighted by Crippen LogP contribution is 2.39. The molecule has 0 amide bonds. The van der Waals surface area contributed by atoms with E-state index in [4.69, 9.17) is 14.5 Å². The number of alkyl halides is 3. The zero-order chi connectivity index (χ0) is 25.4. The highest BCUT2D eigenvalue weighted by atomic mass is 19.4. The fourth-order valence-corrected chi connectivity index (χ4v) is 4.79. The molecule has 1 aliphatic heterocycles. The van der Waals surface area contributed by atoms with Gasteiger partial charge in [0.1, 0.15) is 11.6 Å². The van der Waals surface area contributed by atoms with Gasteiger partial charge in [-0.05, 0) is 49.7 Å². The van der Waals surface area contributed by atoms with Crippen LogP contribution in [-0.4, -0.2) is 42.4 Å². The number of ether oxygens (including phenoxy) is 2. The van der Waals surface area contributed by atoms with Gasteiger partial charge in [0.25, 0.3) is 0 Å². The van der Waals surface area contributed by atoms with E-state index in [-0.39, 0.29) is 12.2 Å². The summed E-state index contributed by atoms with van der Waals surface area (Å²) in [5, 5.41) is 0.771. The summed E-state index contributed by atoms with van der Waals surface area (Å²) in [4.78, 5) is 11.6. The van der Waals surface area contributed by atoms with Gasteiger partial charge in [-0.25, -0.2) is 4.98 Å². The molecule has 0 N–H and O–H groups in total. The van der Waals surface area contributed by atoms with Crippen LogP contribution in [0.2, 0.25) is 0 Å². The number of aromatic nitrogens is 2. The molecule has 1 saturated heterocycles. The molecule has 3 heterocycles. The molecule has 1 fully saturated rings. The van der Waals surface area contributed by atoms with E-state index in [1.807, 2.05) is 36.5 Å². The van der Waals surface area contributed by atoms with Crippen molar-refractivity contribution in [2.24, 2.45) is 0 Å². The third-order valence-electron chi connectivity index (χ3n) is 6.38. The number of halogens is 3. The molecule has 0 aliphatic carbocycles. The Bertz CT molecular complexity index is 1360. The molecular weight excluding hydrogens is 467 g/mol. The SMILES string of the molecule is COc1c(-c2ccc(N3CC(C)OC(C)C3)nc2)cnc2c(-c3ccc(C(F)(F)F)cc3)cccc12. The minimum absolute atomic E-state index is 0.138. The van der Waals surface area contributed by atoms with Crippen LogP contribution in [0.4, 0.5) is 19.0 Å². The lowest BCUT2D eigenvalue weighted by atomic mass is 9.98. The number of fused-ring (bicyclic) bond motifs is 1. The van der Waals surface area contributed by atoms with Crippen molar-refractivity contribution in [1.82, 2.24) is 9.97 Å². The summed E-state index contributed by atoms with van der Waals surface area (Å²) in [6.45, 7) is 5.68. The molecule has 5 rings (SSSR count). The topological polar surface area (TPSA) is 47.5 Å². The van der Waals surface area contributed by atoms with Crippen LogP contribution in [-0.2, 0) is 10.9 Å². The molecule has 0 radical (unpaired) electrons. The largest absolute Gasteiger partial charge is 0.495 e. The van der Waals surface area contributed by atoms with E-state index in [9.17, 15) is 13.2 Å². The highest BCUT2D eigenvalue weighted by Gasteiger charge is 2.30. The number of hydrogen-bond acceptors (Lipinski definition) is 5. The van der Waals surface area contributed by atoms with Crippen molar-refractivity contribution in [3.8, 4) is 28.0 Å². The number of anilines is 1. The molecule has 0 saturated carbocycles. The molecule has 186 valence electrons. The van der Waals surface area contributed by atoms with Crippen LogP contribution in [0.5, 0.6) is 5.75 Å². The number of methoxy groups -OCH3 is 1. The van der Waals surface area contributed by atoms with Crippen LogP contribution in [0.15, 0.2) is 67.0 Å². The van der Waals surface area contributed by atoms with E-state index in [0.29, 0.717) is 16.8 Å². The normalized spacial score (nSPS) is 18.4. The number of para-hydroxylation sites is 1. The summed E-state index contributed by atoms with van der Waals surface area (Å²) in [7, 11) is 1.60. The molecule has 0 spiro atoms. The zero-order valence-corrected chi connectivity index (χ0v) is 20.2.